The molecule has 1 aromatic heterocycles. The SMILES string of the molecule is Cn1ccc(Nc2cc(NC(=O)c3cc(F)cc(C(F)(F)F)c3)c3c(c2)C(=O)NC3c2cc(F)ccc2Cl)n1. The van der Waals surface area contributed by atoms with Gasteiger partial charge in [-0.1, -0.05) is 11.6 Å². The first-order valence-corrected chi connectivity index (χ1v) is 11.7. The zero-order chi connectivity index (χ0) is 28.1. The minimum Gasteiger partial charge on any atom is -0.341 e. The Morgan fingerprint density at radius 3 is 2.51 bits per heavy atom. The number of alkyl halides is 3. The van der Waals surface area contributed by atoms with Crippen LogP contribution in [0.3, 0.4) is 0 Å². The Morgan fingerprint density at radius 2 is 1.82 bits per heavy atom. The van der Waals surface area contributed by atoms with Crippen molar-refractivity contribution in [2.45, 2.75) is 12.2 Å². The van der Waals surface area contributed by atoms with Crippen LogP contribution in [0.5, 0.6) is 0 Å². The van der Waals surface area contributed by atoms with E-state index in [0.717, 1.165) is 12.1 Å². The summed E-state index contributed by atoms with van der Waals surface area (Å²) in [7, 11) is 1.69. The molecule has 1 atom stereocenters. The van der Waals surface area contributed by atoms with Gasteiger partial charge in [-0.05, 0) is 48.5 Å². The number of aromatic nitrogens is 2. The zero-order valence-electron chi connectivity index (χ0n) is 19.8. The molecule has 39 heavy (non-hydrogen) atoms. The largest absolute Gasteiger partial charge is 0.416 e. The summed E-state index contributed by atoms with van der Waals surface area (Å²) in [6.45, 7) is 0. The van der Waals surface area contributed by atoms with Gasteiger partial charge in [-0.3, -0.25) is 14.3 Å². The number of nitrogens with one attached hydrogen (secondary N) is 3. The van der Waals surface area contributed by atoms with Gasteiger partial charge in [0.15, 0.2) is 5.82 Å². The molecule has 1 unspecified atom stereocenters. The maximum atomic E-state index is 14.1. The molecule has 3 N–H and O–H groups in total. The van der Waals surface area contributed by atoms with E-state index in [4.69, 9.17) is 11.6 Å². The Kier molecular flexibility index (Phi) is 6.51. The smallest absolute Gasteiger partial charge is 0.341 e. The van der Waals surface area contributed by atoms with E-state index in [9.17, 15) is 31.5 Å². The number of anilines is 3. The van der Waals surface area contributed by atoms with Crippen molar-refractivity contribution in [3.05, 3.63) is 105 Å². The molecule has 0 fully saturated rings. The molecule has 0 saturated carbocycles. The van der Waals surface area contributed by atoms with Crippen LogP contribution in [-0.2, 0) is 13.2 Å². The van der Waals surface area contributed by atoms with E-state index in [1.165, 1.54) is 22.9 Å². The van der Waals surface area contributed by atoms with Crippen molar-refractivity contribution in [2.75, 3.05) is 10.6 Å². The Morgan fingerprint density at radius 1 is 1.05 bits per heavy atom. The molecule has 2 amide bonds. The lowest BCUT2D eigenvalue weighted by Gasteiger charge is -2.19. The van der Waals surface area contributed by atoms with Gasteiger partial charge < -0.3 is 16.0 Å². The number of benzene rings is 3. The average molecular weight is 562 g/mol. The van der Waals surface area contributed by atoms with Crippen molar-refractivity contribution in [1.29, 1.82) is 0 Å². The molecule has 3 aromatic carbocycles. The first kappa shape index (κ1) is 26.2. The molecule has 0 saturated heterocycles. The highest BCUT2D eigenvalue weighted by molar-refractivity contribution is 6.31. The Balaban J connectivity index is 1.62. The highest BCUT2D eigenvalue weighted by Crippen LogP contribution is 2.41. The predicted molar refractivity (Wildman–Crippen MR) is 133 cm³/mol. The minimum absolute atomic E-state index is 0.00238. The first-order valence-electron chi connectivity index (χ1n) is 11.3. The maximum Gasteiger partial charge on any atom is 0.416 e. The van der Waals surface area contributed by atoms with Gasteiger partial charge in [0.2, 0.25) is 0 Å². The van der Waals surface area contributed by atoms with Crippen LogP contribution in [0.15, 0.2) is 60.8 Å². The number of nitrogens with zero attached hydrogens (tertiary/aromatic N) is 2. The number of halogens is 6. The van der Waals surface area contributed by atoms with E-state index in [0.29, 0.717) is 23.6 Å². The fourth-order valence-electron chi connectivity index (χ4n) is 4.29. The van der Waals surface area contributed by atoms with Crippen LogP contribution in [0, 0.1) is 11.6 Å². The van der Waals surface area contributed by atoms with Crippen LogP contribution in [-0.4, -0.2) is 21.6 Å². The highest BCUT2D eigenvalue weighted by Gasteiger charge is 2.36. The number of hydrogen-bond donors (Lipinski definition) is 3. The fourth-order valence-corrected chi connectivity index (χ4v) is 4.51. The third kappa shape index (κ3) is 5.28. The van der Waals surface area contributed by atoms with E-state index < -0.39 is 46.8 Å². The number of carbonyl (C=O) groups is 2. The lowest BCUT2D eigenvalue weighted by Crippen LogP contribution is -2.21. The van der Waals surface area contributed by atoms with Crippen LogP contribution in [0.25, 0.3) is 0 Å². The van der Waals surface area contributed by atoms with E-state index in [1.54, 1.807) is 19.3 Å². The first-order chi connectivity index (χ1) is 18.4. The number of rotatable bonds is 5. The quantitative estimate of drug-likeness (QED) is 0.253. The summed E-state index contributed by atoms with van der Waals surface area (Å²) < 4.78 is 69.3. The number of fused-ring (bicyclic) bond motifs is 1. The topological polar surface area (TPSA) is 88.0 Å². The summed E-state index contributed by atoms with van der Waals surface area (Å²) in [5.74, 6) is -3.12. The van der Waals surface area contributed by atoms with Gasteiger partial charge in [0.25, 0.3) is 11.8 Å². The van der Waals surface area contributed by atoms with Crippen molar-refractivity contribution in [1.82, 2.24) is 15.1 Å². The van der Waals surface area contributed by atoms with Crippen LogP contribution >= 0.6 is 11.6 Å². The van der Waals surface area contributed by atoms with Crippen molar-refractivity contribution < 1.29 is 31.5 Å². The number of carbonyl (C=O) groups excluding carboxylic acids is 2. The molecule has 0 bridgehead atoms. The number of amides is 2. The second-order valence-corrected chi connectivity index (χ2v) is 9.14. The summed E-state index contributed by atoms with van der Waals surface area (Å²) >= 11 is 6.29. The van der Waals surface area contributed by atoms with Gasteiger partial charge >= 0.3 is 6.18 Å². The summed E-state index contributed by atoms with van der Waals surface area (Å²) in [6, 6.07) is 8.55. The van der Waals surface area contributed by atoms with E-state index in [-0.39, 0.29) is 33.5 Å². The standard InChI is InChI=1S/C26H17ClF5N5O2/c1-37-5-4-21(36-37)33-16-10-18-22(23(35-25(18)39)17-9-14(28)2-3-19(17)27)20(11-16)34-24(38)12-6-13(26(30,31)32)8-15(29)7-12/h2-11,23H,1H3,(H,33,36)(H,34,38)(H,35,39). The molecule has 200 valence electrons. The molecule has 2 heterocycles. The summed E-state index contributed by atoms with van der Waals surface area (Å²) in [5, 5.41) is 12.5. The van der Waals surface area contributed by atoms with Gasteiger partial charge in [-0.15, -0.1) is 0 Å². The van der Waals surface area contributed by atoms with Gasteiger partial charge in [-0.25, -0.2) is 8.78 Å². The van der Waals surface area contributed by atoms with Crippen molar-refractivity contribution >= 4 is 40.6 Å². The molecule has 1 aliphatic heterocycles. The maximum absolute atomic E-state index is 14.1. The lowest BCUT2D eigenvalue weighted by molar-refractivity contribution is -0.137. The van der Waals surface area contributed by atoms with E-state index >= 15 is 0 Å². The number of aryl methyl sites for hydroxylation is 1. The highest BCUT2D eigenvalue weighted by atomic mass is 35.5. The van der Waals surface area contributed by atoms with Gasteiger partial charge in [0.05, 0.1) is 11.6 Å². The summed E-state index contributed by atoms with van der Waals surface area (Å²) in [6.07, 6.45) is -3.23. The van der Waals surface area contributed by atoms with Crippen LogP contribution in [0.4, 0.5) is 39.1 Å². The predicted octanol–water partition coefficient (Wildman–Crippen LogP) is 6.20. The van der Waals surface area contributed by atoms with Crippen molar-refractivity contribution in [3.63, 3.8) is 0 Å². The van der Waals surface area contributed by atoms with Gasteiger partial charge in [-0.2, -0.15) is 18.3 Å². The zero-order valence-corrected chi connectivity index (χ0v) is 20.6. The Bertz CT molecular complexity index is 1640. The van der Waals surface area contributed by atoms with Crippen molar-refractivity contribution in [3.8, 4) is 0 Å². The summed E-state index contributed by atoms with van der Waals surface area (Å²) in [4.78, 5) is 26.1. The van der Waals surface area contributed by atoms with Crippen molar-refractivity contribution in [2.24, 2.45) is 7.05 Å². The molecule has 0 radical (unpaired) electrons. The molecular formula is C26H17ClF5N5O2. The molecule has 0 aliphatic carbocycles. The average Bonchev–Trinajstić information content (AvgIpc) is 3.42. The molecule has 7 nitrogen and oxygen atoms in total. The van der Waals surface area contributed by atoms with Crippen LogP contribution in [0.2, 0.25) is 5.02 Å². The second kappa shape index (κ2) is 9.70. The molecular weight excluding hydrogens is 545 g/mol. The molecule has 1 aliphatic rings. The number of hydrogen-bond acceptors (Lipinski definition) is 4. The second-order valence-electron chi connectivity index (χ2n) is 8.74. The third-order valence-corrected chi connectivity index (χ3v) is 6.32. The monoisotopic (exact) mass is 561 g/mol. The fraction of sp³-hybridized carbons (Fsp3) is 0.115. The third-order valence-electron chi connectivity index (χ3n) is 5.98. The van der Waals surface area contributed by atoms with E-state index in [2.05, 4.69) is 21.0 Å². The molecule has 0 spiro atoms. The molecule has 13 heteroatoms. The molecule has 5 rings (SSSR count). The minimum atomic E-state index is -4.89. The summed E-state index contributed by atoms with van der Waals surface area (Å²) in [5.41, 5.74) is -1.17. The lowest BCUT2D eigenvalue weighted by atomic mass is 9.95. The van der Waals surface area contributed by atoms with Gasteiger partial charge in [0, 0.05) is 58.0 Å². The van der Waals surface area contributed by atoms with Crippen LogP contribution < -0.4 is 16.0 Å². The van der Waals surface area contributed by atoms with Crippen LogP contribution in [0.1, 0.15) is 43.4 Å². The van der Waals surface area contributed by atoms with E-state index in [1.807, 2.05) is 0 Å². The molecule has 4 aromatic rings. The Hall–Kier alpha value is -4.45. The Labute approximate surface area is 222 Å². The normalized spacial score (nSPS) is 14.6. The van der Waals surface area contributed by atoms with Gasteiger partial charge in [0.1, 0.15) is 11.6 Å².